The molecule has 0 saturated carbocycles. The summed E-state index contributed by atoms with van der Waals surface area (Å²) in [5.41, 5.74) is 7.15. The number of fused-ring (bicyclic) bond motifs is 1. The molecule has 0 radical (unpaired) electrons. The van der Waals surface area contributed by atoms with Gasteiger partial charge >= 0.3 is 0 Å². The first kappa shape index (κ1) is 26.1. The van der Waals surface area contributed by atoms with Gasteiger partial charge in [0, 0.05) is 11.5 Å². The van der Waals surface area contributed by atoms with E-state index >= 15 is 0 Å². The number of nitrogen functional groups attached to an aromatic ring is 1. The van der Waals surface area contributed by atoms with Crippen LogP contribution in [0.15, 0.2) is 30.6 Å². The normalized spacial score (nSPS) is 11.2. The fraction of sp³-hybridized carbons (Fsp3) is 0.364. The molecule has 184 valence electrons. The Bertz CT molecular complexity index is 1090. The summed E-state index contributed by atoms with van der Waals surface area (Å²) in [6, 6.07) is 5.80. The summed E-state index contributed by atoms with van der Waals surface area (Å²) in [6.45, 7) is 1.66. The summed E-state index contributed by atoms with van der Waals surface area (Å²) in [6.07, 6.45) is 1.34. The molecule has 0 aliphatic rings. The standard InChI is InChI=1S/C22H24Cl2F2N4O4/c23-15-10-17(26)20(11-16(15)24)30-22-14-9-18(27)21(12-19(14)28-13-29-22)34-8-7-33-6-5-32-4-3-31-2-1-25/h9-13H,1-8,27H2,(H,28,29,30). The number of nitrogens with two attached hydrogens (primary N) is 1. The first-order chi connectivity index (χ1) is 16.5. The number of nitrogens with one attached hydrogen (secondary N) is 1. The number of halogens is 4. The SMILES string of the molecule is Nc1cc2c(Nc3cc(Cl)c(Cl)cc3F)ncnc2cc1OCCOCCOCCOCCF. The minimum Gasteiger partial charge on any atom is -0.489 e. The number of aromatic nitrogens is 2. The molecule has 0 atom stereocenters. The van der Waals surface area contributed by atoms with Crippen LogP contribution in [0.4, 0.5) is 26.0 Å². The Morgan fingerprint density at radius 2 is 1.50 bits per heavy atom. The van der Waals surface area contributed by atoms with E-state index in [1.54, 1.807) is 12.1 Å². The molecule has 0 saturated heterocycles. The van der Waals surface area contributed by atoms with Crippen molar-refractivity contribution < 1.29 is 27.7 Å². The average Bonchev–Trinajstić information content (AvgIpc) is 2.81. The Morgan fingerprint density at radius 3 is 2.21 bits per heavy atom. The Balaban J connectivity index is 1.52. The second-order valence-electron chi connectivity index (χ2n) is 6.88. The van der Waals surface area contributed by atoms with Crippen molar-refractivity contribution in [2.45, 2.75) is 0 Å². The van der Waals surface area contributed by atoms with Gasteiger partial charge in [0.25, 0.3) is 0 Å². The maximum atomic E-state index is 14.3. The lowest BCUT2D eigenvalue weighted by Gasteiger charge is -2.13. The monoisotopic (exact) mass is 516 g/mol. The summed E-state index contributed by atoms with van der Waals surface area (Å²) in [4.78, 5) is 8.42. The number of ether oxygens (including phenoxy) is 4. The highest BCUT2D eigenvalue weighted by Gasteiger charge is 2.13. The van der Waals surface area contributed by atoms with Gasteiger partial charge in [0.05, 0.1) is 66.6 Å². The molecule has 0 aliphatic carbocycles. The maximum absolute atomic E-state index is 14.3. The summed E-state index contributed by atoms with van der Waals surface area (Å²) in [7, 11) is 0. The highest BCUT2D eigenvalue weighted by Crippen LogP contribution is 2.34. The van der Waals surface area contributed by atoms with Gasteiger partial charge in [-0.15, -0.1) is 0 Å². The average molecular weight is 517 g/mol. The molecule has 3 rings (SSSR count). The van der Waals surface area contributed by atoms with Gasteiger partial charge < -0.3 is 30.0 Å². The molecule has 3 aromatic rings. The number of nitrogens with zero attached hydrogens (tertiary/aromatic N) is 2. The van der Waals surface area contributed by atoms with Crippen LogP contribution < -0.4 is 15.8 Å². The molecule has 8 nitrogen and oxygen atoms in total. The van der Waals surface area contributed by atoms with E-state index in [1.165, 1.54) is 12.4 Å². The van der Waals surface area contributed by atoms with Gasteiger partial charge in [-0.25, -0.2) is 18.7 Å². The van der Waals surface area contributed by atoms with Crippen molar-refractivity contribution in [3.05, 3.63) is 46.5 Å². The van der Waals surface area contributed by atoms with E-state index < -0.39 is 12.5 Å². The van der Waals surface area contributed by atoms with E-state index in [0.29, 0.717) is 61.2 Å². The lowest BCUT2D eigenvalue weighted by atomic mass is 10.2. The highest BCUT2D eigenvalue weighted by molar-refractivity contribution is 6.42. The zero-order chi connectivity index (χ0) is 24.3. The number of hydrogen-bond acceptors (Lipinski definition) is 8. The van der Waals surface area contributed by atoms with E-state index in [4.69, 9.17) is 47.9 Å². The van der Waals surface area contributed by atoms with Crippen molar-refractivity contribution in [3.8, 4) is 5.75 Å². The molecule has 34 heavy (non-hydrogen) atoms. The minimum atomic E-state index is -0.579. The third kappa shape index (κ3) is 7.51. The van der Waals surface area contributed by atoms with E-state index in [0.717, 1.165) is 6.07 Å². The Kier molecular flexibility index (Phi) is 10.3. The third-order valence-electron chi connectivity index (χ3n) is 4.48. The van der Waals surface area contributed by atoms with Crippen LogP contribution in [-0.2, 0) is 14.2 Å². The van der Waals surface area contributed by atoms with Gasteiger partial charge in [-0.3, -0.25) is 0 Å². The van der Waals surface area contributed by atoms with Crippen LogP contribution in [0.3, 0.4) is 0 Å². The molecular formula is C22H24Cl2F2N4O4. The lowest BCUT2D eigenvalue weighted by Crippen LogP contribution is -2.13. The summed E-state index contributed by atoms with van der Waals surface area (Å²) in [5, 5.41) is 3.78. The second-order valence-corrected chi connectivity index (χ2v) is 7.69. The maximum Gasteiger partial charge on any atom is 0.148 e. The van der Waals surface area contributed by atoms with Crippen molar-refractivity contribution in [1.82, 2.24) is 9.97 Å². The van der Waals surface area contributed by atoms with Crippen molar-refractivity contribution in [2.24, 2.45) is 0 Å². The zero-order valence-corrected chi connectivity index (χ0v) is 19.7. The number of anilines is 3. The molecular weight excluding hydrogens is 493 g/mol. The molecule has 3 N–H and O–H groups in total. The summed E-state index contributed by atoms with van der Waals surface area (Å²) >= 11 is 11.8. The zero-order valence-electron chi connectivity index (χ0n) is 18.2. The predicted molar refractivity (Wildman–Crippen MR) is 128 cm³/mol. The molecule has 0 bridgehead atoms. The topological polar surface area (TPSA) is 101 Å². The lowest BCUT2D eigenvalue weighted by molar-refractivity contribution is 0.00755. The quantitative estimate of drug-likeness (QED) is 0.179. The Morgan fingerprint density at radius 1 is 0.853 bits per heavy atom. The van der Waals surface area contributed by atoms with Crippen molar-refractivity contribution in [2.75, 3.05) is 64.0 Å². The largest absolute Gasteiger partial charge is 0.489 e. The molecule has 0 aliphatic heterocycles. The first-order valence-corrected chi connectivity index (χ1v) is 11.1. The van der Waals surface area contributed by atoms with Crippen LogP contribution in [0.2, 0.25) is 10.0 Å². The van der Waals surface area contributed by atoms with Crippen molar-refractivity contribution >= 4 is 51.3 Å². The van der Waals surface area contributed by atoms with Crippen molar-refractivity contribution in [1.29, 1.82) is 0 Å². The number of rotatable bonds is 14. The van der Waals surface area contributed by atoms with Crippen molar-refractivity contribution in [3.63, 3.8) is 0 Å². The van der Waals surface area contributed by atoms with Gasteiger partial charge in [0.15, 0.2) is 0 Å². The molecule has 0 unspecified atom stereocenters. The third-order valence-corrected chi connectivity index (χ3v) is 5.20. The molecule has 0 spiro atoms. The first-order valence-electron chi connectivity index (χ1n) is 10.4. The molecule has 12 heteroatoms. The van der Waals surface area contributed by atoms with Gasteiger partial charge in [0.2, 0.25) is 0 Å². The fourth-order valence-corrected chi connectivity index (χ4v) is 3.19. The smallest absolute Gasteiger partial charge is 0.148 e. The van der Waals surface area contributed by atoms with Crippen LogP contribution in [0.25, 0.3) is 10.9 Å². The Labute approximate surface area is 205 Å². The van der Waals surface area contributed by atoms with Crippen LogP contribution >= 0.6 is 23.2 Å². The summed E-state index contributed by atoms with van der Waals surface area (Å²) in [5.74, 6) is 0.200. The van der Waals surface area contributed by atoms with Crippen LogP contribution in [-0.4, -0.2) is 62.9 Å². The van der Waals surface area contributed by atoms with Gasteiger partial charge in [0.1, 0.15) is 37.0 Å². The van der Waals surface area contributed by atoms with Gasteiger partial charge in [-0.1, -0.05) is 23.2 Å². The van der Waals surface area contributed by atoms with Crippen LogP contribution in [0.1, 0.15) is 0 Å². The second kappa shape index (κ2) is 13.4. The molecule has 2 aromatic carbocycles. The van der Waals surface area contributed by atoms with Gasteiger partial charge in [-0.05, 0) is 18.2 Å². The molecule has 1 aromatic heterocycles. The van der Waals surface area contributed by atoms with E-state index in [1.807, 2.05) is 0 Å². The highest BCUT2D eigenvalue weighted by atomic mass is 35.5. The molecule has 0 fully saturated rings. The predicted octanol–water partition coefficient (Wildman–Crippen LogP) is 4.80. The molecule has 0 amide bonds. The Hall–Kier alpha value is -2.50. The van der Waals surface area contributed by atoms with Crippen LogP contribution in [0, 0.1) is 5.82 Å². The van der Waals surface area contributed by atoms with Gasteiger partial charge in [-0.2, -0.15) is 0 Å². The number of benzene rings is 2. The van der Waals surface area contributed by atoms with E-state index in [2.05, 4.69) is 15.3 Å². The summed E-state index contributed by atoms with van der Waals surface area (Å²) < 4.78 is 47.5. The molecule has 1 heterocycles. The van der Waals surface area contributed by atoms with E-state index in [9.17, 15) is 8.78 Å². The minimum absolute atomic E-state index is 0.0781. The number of alkyl halides is 1. The fourth-order valence-electron chi connectivity index (χ4n) is 2.88. The van der Waals surface area contributed by atoms with E-state index in [-0.39, 0.29) is 28.9 Å². The number of hydrogen-bond donors (Lipinski definition) is 2. The van der Waals surface area contributed by atoms with Crippen LogP contribution in [0.5, 0.6) is 5.75 Å².